The van der Waals surface area contributed by atoms with Crippen LogP contribution in [0.15, 0.2) is 60.7 Å². The molecule has 0 saturated carbocycles. The average molecular weight is 316 g/mol. The van der Waals surface area contributed by atoms with Crippen molar-refractivity contribution in [2.45, 2.75) is 0 Å². The second-order valence-corrected chi connectivity index (χ2v) is 5.53. The van der Waals surface area contributed by atoms with Crippen LogP contribution in [0.3, 0.4) is 0 Å². The standard InChI is InChI=1S/C19H12N2O3/c22-17(13-9-8-11-4-1-2-5-12(11)10-13)20-15-7-3-6-14-16(15)19(24)21-18(14)23/h1-10H,(H,20,22)(H,21,23,24). The quantitative estimate of drug-likeness (QED) is 0.714. The zero-order valence-corrected chi connectivity index (χ0v) is 12.5. The molecule has 2 N–H and O–H groups in total. The predicted octanol–water partition coefficient (Wildman–Crippen LogP) is 2.98. The number of anilines is 1. The van der Waals surface area contributed by atoms with E-state index in [1.54, 1.807) is 30.3 Å². The predicted molar refractivity (Wildman–Crippen MR) is 90.1 cm³/mol. The van der Waals surface area contributed by atoms with Gasteiger partial charge in [-0.3, -0.25) is 19.7 Å². The Hall–Kier alpha value is -3.47. The normalized spacial score (nSPS) is 12.8. The first-order valence-corrected chi connectivity index (χ1v) is 7.42. The van der Waals surface area contributed by atoms with Gasteiger partial charge in [0, 0.05) is 5.56 Å². The molecule has 0 unspecified atom stereocenters. The van der Waals surface area contributed by atoms with Crippen LogP contribution in [0.25, 0.3) is 10.8 Å². The minimum atomic E-state index is -0.496. The maximum Gasteiger partial charge on any atom is 0.261 e. The van der Waals surface area contributed by atoms with Crippen LogP contribution in [0.2, 0.25) is 0 Å². The molecule has 3 aromatic carbocycles. The fraction of sp³-hybridized carbons (Fsp3) is 0. The third kappa shape index (κ3) is 2.23. The second-order valence-electron chi connectivity index (χ2n) is 5.53. The van der Waals surface area contributed by atoms with E-state index in [9.17, 15) is 14.4 Å². The summed E-state index contributed by atoms with van der Waals surface area (Å²) >= 11 is 0. The number of fused-ring (bicyclic) bond motifs is 2. The minimum Gasteiger partial charge on any atom is -0.321 e. The van der Waals surface area contributed by atoms with E-state index in [2.05, 4.69) is 10.6 Å². The fourth-order valence-electron chi connectivity index (χ4n) is 2.85. The minimum absolute atomic E-state index is 0.205. The van der Waals surface area contributed by atoms with Gasteiger partial charge in [-0.2, -0.15) is 0 Å². The van der Waals surface area contributed by atoms with Gasteiger partial charge >= 0.3 is 0 Å². The Kier molecular flexibility index (Phi) is 3.13. The van der Waals surface area contributed by atoms with E-state index in [1.807, 2.05) is 30.3 Å². The van der Waals surface area contributed by atoms with E-state index in [4.69, 9.17) is 0 Å². The van der Waals surface area contributed by atoms with Gasteiger partial charge in [0.2, 0.25) is 0 Å². The number of imide groups is 1. The number of amides is 3. The lowest BCUT2D eigenvalue weighted by atomic mass is 10.1. The highest BCUT2D eigenvalue weighted by Crippen LogP contribution is 2.25. The molecular formula is C19H12N2O3. The van der Waals surface area contributed by atoms with Crippen molar-refractivity contribution < 1.29 is 14.4 Å². The summed E-state index contributed by atoms with van der Waals surface area (Å²) in [6.07, 6.45) is 0. The number of benzene rings is 3. The summed E-state index contributed by atoms with van der Waals surface area (Å²) < 4.78 is 0. The molecule has 5 heteroatoms. The Morgan fingerprint density at radius 1 is 0.833 bits per heavy atom. The van der Waals surface area contributed by atoms with Gasteiger partial charge in [0.15, 0.2) is 0 Å². The van der Waals surface area contributed by atoms with Gasteiger partial charge in [-0.25, -0.2) is 0 Å². The Morgan fingerprint density at radius 3 is 2.46 bits per heavy atom. The molecule has 0 aliphatic carbocycles. The first kappa shape index (κ1) is 14.1. The van der Waals surface area contributed by atoms with Gasteiger partial charge in [-0.15, -0.1) is 0 Å². The SMILES string of the molecule is O=C(Nc1cccc2c1C(=O)NC2=O)c1ccc2ccccc2c1. The molecule has 1 aliphatic rings. The Morgan fingerprint density at radius 2 is 1.62 bits per heavy atom. The molecule has 1 aliphatic heterocycles. The number of hydrogen-bond acceptors (Lipinski definition) is 3. The molecule has 0 fully saturated rings. The van der Waals surface area contributed by atoms with E-state index < -0.39 is 11.8 Å². The highest BCUT2D eigenvalue weighted by Gasteiger charge is 2.29. The molecule has 116 valence electrons. The van der Waals surface area contributed by atoms with Crippen molar-refractivity contribution in [2.75, 3.05) is 5.32 Å². The molecule has 0 atom stereocenters. The summed E-state index contributed by atoms with van der Waals surface area (Å²) in [7, 11) is 0. The van der Waals surface area contributed by atoms with E-state index >= 15 is 0 Å². The van der Waals surface area contributed by atoms with Gasteiger partial charge in [-0.05, 0) is 35.0 Å². The topological polar surface area (TPSA) is 75.3 Å². The van der Waals surface area contributed by atoms with Crippen molar-refractivity contribution in [2.24, 2.45) is 0 Å². The number of hydrogen-bond donors (Lipinski definition) is 2. The van der Waals surface area contributed by atoms with Crippen LogP contribution >= 0.6 is 0 Å². The zero-order chi connectivity index (χ0) is 16.7. The number of rotatable bonds is 2. The monoisotopic (exact) mass is 316 g/mol. The molecule has 3 amide bonds. The molecule has 0 saturated heterocycles. The van der Waals surface area contributed by atoms with E-state index in [-0.39, 0.29) is 17.0 Å². The van der Waals surface area contributed by atoms with Gasteiger partial charge in [0.25, 0.3) is 17.7 Å². The average Bonchev–Trinajstić information content (AvgIpc) is 2.89. The number of carbonyl (C=O) groups excluding carboxylic acids is 3. The van der Waals surface area contributed by atoms with Crippen LogP contribution in [0, 0.1) is 0 Å². The Balaban J connectivity index is 1.69. The lowest BCUT2D eigenvalue weighted by Crippen LogP contribution is -2.20. The van der Waals surface area contributed by atoms with Gasteiger partial charge < -0.3 is 5.32 Å². The summed E-state index contributed by atoms with van der Waals surface area (Å²) in [5.74, 6) is -1.28. The second kappa shape index (κ2) is 5.31. The fourth-order valence-corrected chi connectivity index (χ4v) is 2.85. The Bertz CT molecular complexity index is 1020. The smallest absolute Gasteiger partial charge is 0.261 e. The molecule has 0 radical (unpaired) electrons. The van der Waals surface area contributed by atoms with E-state index in [0.717, 1.165) is 10.8 Å². The molecule has 0 bridgehead atoms. The van der Waals surface area contributed by atoms with Crippen LogP contribution in [-0.2, 0) is 0 Å². The molecule has 3 aromatic rings. The molecule has 1 heterocycles. The van der Waals surface area contributed by atoms with Crippen molar-refractivity contribution in [3.05, 3.63) is 77.4 Å². The van der Waals surface area contributed by atoms with E-state index in [1.165, 1.54) is 0 Å². The lowest BCUT2D eigenvalue weighted by Gasteiger charge is -2.09. The third-order valence-electron chi connectivity index (χ3n) is 4.02. The summed E-state index contributed by atoms with van der Waals surface area (Å²) in [6.45, 7) is 0. The van der Waals surface area contributed by atoms with Gasteiger partial charge in [-0.1, -0.05) is 36.4 Å². The molecule has 4 rings (SSSR count). The van der Waals surface area contributed by atoms with Crippen LogP contribution < -0.4 is 10.6 Å². The highest BCUT2D eigenvalue weighted by molar-refractivity contribution is 6.25. The summed E-state index contributed by atoms with van der Waals surface area (Å²) in [6, 6.07) is 17.9. The largest absolute Gasteiger partial charge is 0.321 e. The zero-order valence-electron chi connectivity index (χ0n) is 12.5. The molecule has 24 heavy (non-hydrogen) atoms. The maximum absolute atomic E-state index is 12.5. The molecule has 5 nitrogen and oxygen atoms in total. The first-order valence-electron chi connectivity index (χ1n) is 7.42. The highest BCUT2D eigenvalue weighted by atomic mass is 16.2. The molecular weight excluding hydrogens is 304 g/mol. The van der Waals surface area contributed by atoms with Crippen molar-refractivity contribution in [3.8, 4) is 0 Å². The first-order chi connectivity index (χ1) is 11.6. The van der Waals surface area contributed by atoms with Crippen LogP contribution in [0.5, 0.6) is 0 Å². The number of nitrogens with one attached hydrogen (secondary N) is 2. The maximum atomic E-state index is 12.5. The summed E-state index contributed by atoms with van der Waals surface area (Å²) in [5.41, 5.74) is 1.29. The third-order valence-corrected chi connectivity index (χ3v) is 4.02. The Labute approximate surface area is 137 Å². The van der Waals surface area contributed by atoms with Crippen molar-refractivity contribution in [1.82, 2.24) is 5.32 Å². The molecule has 0 spiro atoms. The van der Waals surface area contributed by atoms with Crippen LogP contribution in [0.1, 0.15) is 31.1 Å². The number of carbonyl (C=O) groups is 3. The summed E-state index contributed by atoms with van der Waals surface area (Å²) in [4.78, 5) is 36.1. The van der Waals surface area contributed by atoms with Crippen LogP contribution in [0.4, 0.5) is 5.69 Å². The van der Waals surface area contributed by atoms with E-state index in [0.29, 0.717) is 11.3 Å². The lowest BCUT2D eigenvalue weighted by molar-refractivity contribution is 0.0879. The van der Waals surface area contributed by atoms with Crippen molar-refractivity contribution >= 4 is 34.2 Å². The van der Waals surface area contributed by atoms with Gasteiger partial charge in [0.1, 0.15) is 0 Å². The van der Waals surface area contributed by atoms with Gasteiger partial charge in [0.05, 0.1) is 16.8 Å². The van der Waals surface area contributed by atoms with Crippen molar-refractivity contribution in [3.63, 3.8) is 0 Å². The molecule has 0 aromatic heterocycles. The van der Waals surface area contributed by atoms with Crippen molar-refractivity contribution in [1.29, 1.82) is 0 Å². The summed E-state index contributed by atoms with van der Waals surface area (Å²) in [5, 5.41) is 6.95. The van der Waals surface area contributed by atoms with Crippen LogP contribution in [-0.4, -0.2) is 17.7 Å².